The fraction of sp³-hybridized carbons (Fsp3) is 0.0182. The Bertz CT molecular complexity index is 3800. The Balaban J connectivity index is 1.03. The number of rotatable bonds is 3. The molecule has 0 N–H and O–H groups in total. The van der Waals surface area contributed by atoms with Crippen molar-refractivity contribution in [2.75, 3.05) is 0 Å². The van der Waals surface area contributed by atoms with Gasteiger partial charge in [0.15, 0.2) is 17.5 Å². The molecule has 282 valence electrons. The monoisotopic (exact) mass is 793 g/mol. The zero-order valence-corrected chi connectivity index (χ0v) is 33.4. The predicted octanol–water partition coefficient (Wildman–Crippen LogP) is 13.5. The standard InChI is InChI=1S/C55H31N5S/c1-2-15-32(16-3-1)50-57-51(33-29-30-47-40(31-33)49-36-19-4-5-20-37(36)53-56-45-27-12-13-28-46(45)60(53)54(49)61-47)59-52(58-50)39-22-14-26-44-48(39)38-21-8-11-25-43(38)55(44)41-23-9-6-17-34(41)35-18-7-10-24-42(35)55/h1-31H. The zero-order chi connectivity index (χ0) is 39.8. The molecule has 1 spiro atoms. The third-order valence-electron chi connectivity index (χ3n) is 13.1. The molecule has 2 aliphatic carbocycles. The van der Waals surface area contributed by atoms with Gasteiger partial charge < -0.3 is 0 Å². The second-order valence-electron chi connectivity index (χ2n) is 16.1. The van der Waals surface area contributed by atoms with Gasteiger partial charge in [-0.2, -0.15) is 0 Å². The van der Waals surface area contributed by atoms with Gasteiger partial charge in [0, 0.05) is 37.5 Å². The predicted molar refractivity (Wildman–Crippen MR) is 249 cm³/mol. The van der Waals surface area contributed by atoms with Crippen LogP contribution in [0.1, 0.15) is 22.3 Å². The van der Waals surface area contributed by atoms with E-state index in [-0.39, 0.29) is 0 Å². The molecule has 5 nitrogen and oxygen atoms in total. The number of nitrogens with zero attached hydrogens (tertiary/aromatic N) is 5. The molecule has 0 bridgehead atoms. The van der Waals surface area contributed by atoms with Crippen LogP contribution in [-0.4, -0.2) is 24.3 Å². The fourth-order valence-electron chi connectivity index (χ4n) is 10.6. The number of imidazole rings is 1. The van der Waals surface area contributed by atoms with Crippen LogP contribution in [0.25, 0.3) is 104 Å². The van der Waals surface area contributed by atoms with Crippen LogP contribution >= 0.6 is 11.3 Å². The fourth-order valence-corrected chi connectivity index (χ4v) is 11.8. The Labute approximate surface area is 353 Å². The number of benzene rings is 8. The molecule has 4 heterocycles. The van der Waals surface area contributed by atoms with Gasteiger partial charge in [0.1, 0.15) is 10.5 Å². The van der Waals surface area contributed by atoms with Gasteiger partial charge in [-0.25, -0.2) is 19.9 Å². The van der Waals surface area contributed by atoms with Crippen molar-refractivity contribution >= 4 is 59.1 Å². The van der Waals surface area contributed by atoms with E-state index in [1.807, 2.05) is 18.2 Å². The third kappa shape index (κ3) is 4.33. The molecule has 0 fully saturated rings. The Morgan fingerprint density at radius 1 is 0.410 bits per heavy atom. The molecule has 61 heavy (non-hydrogen) atoms. The molecule has 4 aromatic heterocycles. The minimum atomic E-state index is -0.465. The molecule has 14 rings (SSSR count). The van der Waals surface area contributed by atoms with Crippen LogP contribution in [0.2, 0.25) is 0 Å². The SMILES string of the molecule is c1ccc(-c2nc(-c3ccc4sc5c(c4c3)c3ccccc3c3nc4ccccc4n35)nc(-c3cccc4c3-c3ccccc3C43c4ccccc4-c4ccccc43)n2)cc1. The molecule has 0 radical (unpaired) electrons. The van der Waals surface area contributed by atoms with E-state index in [4.69, 9.17) is 19.9 Å². The lowest BCUT2D eigenvalue weighted by atomic mass is 9.70. The molecular formula is C55H31N5S. The van der Waals surface area contributed by atoms with E-state index in [1.165, 1.54) is 70.2 Å². The first-order valence-electron chi connectivity index (χ1n) is 20.6. The number of aromatic nitrogens is 5. The lowest BCUT2D eigenvalue weighted by molar-refractivity contribution is 0.794. The Morgan fingerprint density at radius 3 is 1.79 bits per heavy atom. The van der Waals surface area contributed by atoms with Crippen molar-refractivity contribution in [1.82, 2.24) is 24.3 Å². The first-order chi connectivity index (χ1) is 30.3. The summed E-state index contributed by atoms with van der Waals surface area (Å²) in [5.41, 5.74) is 15.6. The highest BCUT2D eigenvalue weighted by Crippen LogP contribution is 2.63. The molecule has 0 aliphatic heterocycles. The average molecular weight is 794 g/mol. The second kappa shape index (κ2) is 12.1. The van der Waals surface area contributed by atoms with Crippen molar-refractivity contribution < 1.29 is 0 Å². The number of hydrogen-bond donors (Lipinski definition) is 0. The van der Waals surface area contributed by atoms with Gasteiger partial charge in [-0.3, -0.25) is 4.40 Å². The molecule has 0 amide bonds. The van der Waals surface area contributed by atoms with E-state index < -0.39 is 5.41 Å². The lowest BCUT2D eigenvalue weighted by Crippen LogP contribution is -2.25. The van der Waals surface area contributed by atoms with E-state index in [9.17, 15) is 0 Å². The lowest BCUT2D eigenvalue weighted by Gasteiger charge is -2.30. The third-order valence-corrected chi connectivity index (χ3v) is 14.2. The normalized spacial score (nSPS) is 13.4. The van der Waals surface area contributed by atoms with Gasteiger partial charge in [-0.15, -0.1) is 11.3 Å². The Hall–Kier alpha value is -7.80. The molecule has 6 heteroatoms. The summed E-state index contributed by atoms with van der Waals surface area (Å²) in [6.07, 6.45) is 0. The van der Waals surface area contributed by atoms with Crippen molar-refractivity contribution in [3.63, 3.8) is 0 Å². The Morgan fingerprint density at radius 2 is 1.00 bits per heavy atom. The number of hydrogen-bond acceptors (Lipinski definition) is 5. The summed E-state index contributed by atoms with van der Waals surface area (Å²) in [5, 5.41) is 4.71. The molecule has 0 saturated heterocycles. The van der Waals surface area contributed by atoms with Crippen LogP contribution in [0.15, 0.2) is 188 Å². The number of thiophene rings is 1. The highest BCUT2D eigenvalue weighted by Gasteiger charge is 2.52. The summed E-state index contributed by atoms with van der Waals surface area (Å²) in [4.78, 5) is 22.3. The molecule has 12 aromatic rings. The number of fused-ring (bicyclic) bond motifs is 20. The number of para-hydroxylation sites is 2. The number of pyridine rings is 1. The van der Waals surface area contributed by atoms with E-state index in [0.717, 1.165) is 38.8 Å². The van der Waals surface area contributed by atoms with Gasteiger partial charge >= 0.3 is 0 Å². The van der Waals surface area contributed by atoms with Crippen LogP contribution in [0.3, 0.4) is 0 Å². The summed E-state index contributed by atoms with van der Waals surface area (Å²) in [5.74, 6) is 1.93. The first-order valence-corrected chi connectivity index (χ1v) is 21.5. The van der Waals surface area contributed by atoms with Crippen LogP contribution in [0, 0.1) is 0 Å². The van der Waals surface area contributed by atoms with Gasteiger partial charge in [-0.1, -0.05) is 158 Å². The van der Waals surface area contributed by atoms with E-state index >= 15 is 0 Å². The molecule has 0 saturated carbocycles. The summed E-state index contributed by atoms with van der Waals surface area (Å²) in [7, 11) is 0. The van der Waals surface area contributed by atoms with Crippen LogP contribution in [0.5, 0.6) is 0 Å². The van der Waals surface area contributed by atoms with Crippen LogP contribution in [-0.2, 0) is 5.41 Å². The van der Waals surface area contributed by atoms with Gasteiger partial charge in [0.05, 0.1) is 16.4 Å². The van der Waals surface area contributed by atoms with Crippen molar-refractivity contribution in [1.29, 1.82) is 0 Å². The maximum atomic E-state index is 5.44. The minimum Gasteiger partial charge on any atom is -0.283 e. The minimum absolute atomic E-state index is 0.465. The van der Waals surface area contributed by atoms with Crippen molar-refractivity contribution in [3.8, 4) is 56.4 Å². The van der Waals surface area contributed by atoms with Crippen molar-refractivity contribution in [2.45, 2.75) is 5.41 Å². The van der Waals surface area contributed by atoms with Gasteiger partial charge in [0.25, 0.3) is 0 Å². The maximum Gasteiger partial charge on any atom is 0.164 e. The van der Waals surface area contributed by atoms with Crippen LogP contribution in [0.4, 0.5) is 0 Å². The van der Waals surface area contributed by atoms with Gasteiger partial charge in [0.2, 0.25) is 0 Å². The van der Waals surface area contributed by atoms with Crippen molar-refractivity contribution in [2.24, 2.45) is 0 Å². The largest absolute Gasteiger partial charge is 0.283 e. The highest BCUT2D eigenvalue weighted by atomic mass is 32.1. The summed E-state index contributed by atoms with van der Waals surface area (Å²) >= 11 is 1.81. The van der Waals surface area contributed by atoms with Crippen molar-refractivity contribution in [3.05, 3.63) is 210 Å². The van der Waals surface area contributed by atoms with E-state index in [1.54, 1.807) is 11.3 Å². The quantitative estimate of drug-likeness (QED) is 0.179. The topological polar surface area (TPSA) is 56.0 Å². The van der Waals surface area contributed by atoms with Crippen LogP contribution < -0.4 is 0 Å². The molecule has 8 aromatic carbocycles. The molecule has 0 unspecified atom stereocenters. The smallest absolute Gasteiger partial charge is 0.164 e. The second-order valence-corrected chi connectivity index (χ2v) is 17.1. The average Bonchev–Trinajstić information content (AvgIpc) is 4.07. The van der Waals surface area contributed by atoms with Gasteiger partial charge in [-0.05, 0) is 80.2 Å². The highest BCUT2D eigenvalue weighted by molar-refractivity contribution is 7.25. The summed E-state index contributed by atoms with van der Waals surface area (Å²) < 4.78 is 3.54. The molecular weight excluding hydrogens is 763 g/mol. The molecule has 2 aliphatic rings. The zero-order valence-electron chi connectivity index (χ0n) is 32.5. The molecule has 0 atom stereocenters. The maximum absolute atomic E-state index is 5.44. The summed E-state index contributed by atoms with van der Waals surface area (Å²) in [6.45, 7) is 0. The van der Waals surface area contributed by atoms with E-state index in [2.05, 4.69) is 174 Å². The first kappa shape index (κ1) is 33.1. The van der Waals surface area contributed by atoms with E-state index in [0.29, 0.717) is 17.5 Å². The summed E-state index contributed by atoms with van der Waals surface area (Å²) in [6, 6.07) is 67.5. The Kier molecular flexibility index (Phi) is 6.58.